The smallest absolute Gasteiger partial charge is 0.416 e. The van der Waals surface area contributed by atoms with Crippen LogP contribution < -0.4 is 0 Å². The summed E-state index contributed by atoms with van der Waals surface area (Å²) in [5.41, 5.74) is 1.60. The van der Waals surface area contributed by atoms with Crippen LogP contribution in [0, 0.1) is 19.7 Å². The van der Waals surface area contributed by atoms with Gasteiger partial charge in [0.05, 0.1) is 17.5 Å². The summed E-state index contributed by atoms with van der Waals surface area (Å²) in [6.07, 6.45) is -4.70. The van der Waals surface area contributed by atoms with Crippen molar-refractivity contribution in [2.75, 3.05) is 0 Å². The first-order valence-electron chi connectivity index (χ1n) is 8.23. The van der Waals surface area contributed by atoms with Gasteiger partial charge in [-0.3, -0.25) is 4.79 Å². The van der Waals surface area contributed by atoms with Crippen LogP contribution in [-0.4, -0.2) is 15.6 Å². The van der Waals surface area contributed by atoms with Crippen molar-refractivity contribution in [3.05, 3.63) is 70.2 Å². The van der Waals surface area contributed by atoms with Crippen molar-refractivity contribution >= 4 is 16.9 Å². The molecule has 3 aromatic rings. The van der Waals surface area contributed by atoms with Gasteiger partial charge in [0.25, 0.3) is 0 Å². The van der Waals surface area contributed by atoms with Crippen LogP contribution in [0.25, 0.3) is 10.9 Å². The number of carbonyl (C=O) groups is 1. The van der Waals surface area contributed by atoms with Gasteiger partial charge in [-0.2, -0.15) is 13.2 Å². The lowest BCUT2D eigenvalue weighted by Gasteiger charge is -2.12. The van der Waals surface area contributed by atoms with Crippen molar-refractivity contribution in [1.82, 2.24) is 4.57 Å². The zero-order valence-electron chi connectivity index (χ0n) is 14.7. The third kappa shape index (κ3) is 3.67. The molecule has 0 aliphatic carbocycles. The van der Waals surface area contributed by atoms with Crippen molar-refractivity contribution in [1.29, 1.82) is 0 Å². The Morgan fingerprint density at radius 2 is 1.85 bits per heavy atom. The van der Waals surface area contributed by atoms with Gasteiger partial charge in [-0.1, -0.05) is 12.1 Å². The molecule has 0 bridgehead atoms. The van der Waals surface area contributed by atoms with Gasteiger partial charge < -0.3 is 9.67 Å². The number of carboxylic acid groups (broad SMARTS) is 1. The van der Waals surface area contributed by atoms with Gasteiger partial charge in [0.2, 0.25) is 0 Å². The molecular formula is C20H17F4NO2. The van der Waals surface area contributed by atoms with Gasteiger partial charge in [-0.15, -0.1) is 0 Å². The van der Waals surface area contributed by atoms with E-state index in [0.29, 0.717) is 33.3 Å². The maximum atomic E-state index is 14.1. The van der Waals surface area contributed by atoms with Crippen molar-refractivity contribution in [2.24, 2.45) is 0 Å². The van der Waals surface area contributed by atoms with E-state index in [1.54, 1.807) is 30.5 Å². The predicted octanol–water partition coefficient (Wildman–Crippen LogP) is 5.09. The van der Waals surface area contributed by atoms with Crippen LogP contribution in [0.5, 0.6) is 0 Å². The summed E-state index contributed by atoms with van der Waals surface area (Å²) in [5.74, 6) is -1.48. The number of aryl methyl sites for hydroxylation is 1. The first-order valence-corrected chi connectivity index (χ1v) is 8.23. The first-order chi connectivity index (χ1) is 12.6. The van der Waals surface area contributed by atoms with Crippen molar-refractivity contribution in [2.45, 2.75) is 33.0 Å². The average Bonchev–Trinajstić information content (AvgIpc) is 2.80. The monoisotopic (exact) mass is 379 g/mol. The molecule has 0 fully saturated rings. The van der Waals surface area contributed by atoms with Crippen LogP contribution in [0.15, 0.2) is 36.4 Å². The van der Waals surface area contributed by atoms with Crippen LogP contribution in [0.2, 0.25) is 0 Å². The number of alkyl halides is 3. The largest absolute Gasteiger partial charge is 0.481 e. The van der Waals surface area contributed by atoms with Crippen molar-refractivity contribution < 1.29 is 27.5 Å². The molecule has 2 aromatic carbocycles. The summed E-state index contributed by atoms with van der Waals surface area (Å²) in [5, 5.41) is 9.79. The SMILES string of the molecule is Cc1cc2c(CC(=O)O)c(C)n(Cc3cccc(C(F)(F)F)c3)c2cc1F. The molecule has 3 rings (SSSR count). The number of aliphatic carboxylic acids is 1. The van der Waals surface area contributed by atoms with Crippen LogP contribution in [0.1, 0.15) is 27.9 Å². The third-order valence-corrected chi connectivity index (χ3v) is 4.66. The molecule has 142 valence electrons. The number of hydrogen-bond donors (Lipinski definition) is 1. The van der Waals surface area contributed by atoms with Gasteiger partial charge in [0.15, 0.2) is 0 Å². The van der Waals surface area contributed by atoms with E-state index in [4.69, 9.17) is 0 Å². The van der Waals surface area contributed by atoms with Gasteiger partial charge in [-0.05, 0) is 54.8 Å². The number of carboxylic acids is 1. The number of aromatic nitrogens is 1. The predicted molar refractivity (Wildman–Crippen MR) is 93.3 cm³/mol. The molecule has 0 aliphatic heterocycles. The highest BCUT2D eigenvalue weighted by Crippen LogP contribution is 2.32. The second-order valence-electron chi connectivity index (χ2n) is 6.54. The quantitative estimate of drug-likeness (QED) is 0.642. The molecule has 0 saturated carbocycles. The zero-order valence-corrected chi connectivity index (χ0v) is 14.7. The minimum Gasteiger partial charge on any atom is -0.481 e. The lowest BCUT2D eigenvalue weighted by atomic mass is 10.1. The van der Waals surface area contributed by atoms with Crippen molar-refractivity contribution in [3.63, 3.8) is 0 Å². The molecule has 0 saturated heterocycles. The van der Waals surface area contributed by atoms with E-state index < -0.39 is 23.5 Å². The van der Waals surface area contributed by atoms with Gasteiger partial charge >= 0.3 is 12.1 Å². The molecule has 3 nitrogen and oxygen atoms in total. The summed E-state index contributed by atoms with van der Waals surface area (Å²) in [7, 11) is 0. The molecule has 0 spiro atoms. The van der Waals surface area contributed by atoms with E-state index in [9.17, 15) is 27.5 Å². The van der Waals surface area contributed by atoms with E-state index in [1.807, 2.05) is 0 Å². The number of hydrogen-bond acceptors (Lipinski definition) is 1. The summed E-state index contributed by atoms with van der Waals surface area (Å²) in [4.78, 5) is 11.2. The Labute approximate surface area is 152 Å². The van der Waals surface area contributed by atoms with E-state index in [-0.39, 0.29) is 13.0 Å². The molecular weight excluding hydrogens is 362 g/mol. The lowest BCUT2D eigenvalue weighted by Crippen LogP contribution is -2.08. The van der Waals surface area contributed by atoms with Crippen LogP contribution in [-0.2, 0) is 23.9 Å². The fourth-order valence-electron chi connectivity index (χ4n) is 3.28. The fourth-order valence-corrected chi connectivity index (χ4v) is 3.28. The van der Waals surface area contributed by atoms with E-state index in [0.717, 1.165) is 12.1 Å². The molecule has 0 amide bonds. The Morgan fingerprint density at radius 1 is 1.15 bits per heavy atom. The molecule has 0 radical (unpaired) electrons. The maximum absolute atomic E-state index is 14.1. The summed E-state index contributed by atoms with van der Waals surface area (Å²) in [6, 6.07) is 7.80. The van der Waals surface area contributed by atoms with Gasteiger partial charge in [-0.25, -0.2) is 4.39 Å². The Kier molecular flexibility index (Phi) is 4.71. The molecule has 0 unspecified atom stereocenters. The Bertz CT molecular complexity index is 1030. The number of rotatable bonds is 4. The number of nitrogens with zero attached hydrogens (tertiary/aromatic N) is 1. The highest BCUT2D eigenvalue weighted by Gasteiger charge is 2.30. The molecule has 1 heterocycles. The summed E-state index contributed by atoms with van der Waals surface area (Å²) < 4.78 is 54.7. The van der Waals surface area contributed by atoms with E-state index in [1.165, 1.54) is 12.1 Å². The number of fused-ring (bicyclic) bond motifs is 1. The van der Waals surface area contributed by atoms with Crippen LogP contribution in [0.4, 0.5) is 17.6 Å². The standard InChI is InChI=1S/C20H17F4NO2/c1-11-6-16-15(8-19(26)27)12(2)25(18(16)9-17(11)21)10-13-4-3-5-14(7-13)20(22,23)24/h3-7,9H,8,10H2,1-2H3,(H,26,27). The minimum absolute atomic E-state index is 0.0778. The topological polar surface area (TPSA) is 42.2 Å². The van der Waals surface area contributed by atoms with E-state index in [2.05, 4.69) is 0 Å². The summed E-state index contributed by atoms with van der Waals surface area (Å²) >= 11 is 0. The molecule has 0 aliphatic rings. The van der Waals surface area contributed by atoms with Crippen LogP contribution >= 0.6 is 0 Å². The summed E-state index contributed by atoms with van der Waals surface area (Å²) in [6.45, 7) is 3.35. The third-order valence-electron chi connectivity index (χ3n) is 4.66. The molecule has 0 atom stereocenters. The van der Waals surface area contributed by atoms with Gasteiger partial charge in [0, 0.05) is 17.6 Å². The molecule has 27 heavy (non-hydrogen) atoms. The average molecular weight is 379 g/mol. The Hall–Kier alpha value is -2.83. The minimum atomic E-state index is -4.46. The molecule has 1 aromatic heterocycles. The highest BCUT2D eigenvalue weighted by atomic mass is 19.4. The molecule has 1 N–H and O–H groups in total. The Balaban J connectivity index is 2.16. The number of halogens is 4. The molecule has 7 heteroatoms. The highest BCUT2D eigenvalue weighted by molar-refractivity contribution is 5.89. The normalized spacial score (nSPS) is 11.9. The zero-order chi connectivity index (χ0) is 19.9. The second-order valence-corrected chi connectivity index (χ2v) is 6.54. The van der Waals surface area contributed by atoms with Crippen LogP contribution in [0.3, 0.4) is 0 Å². The van der Waals surface area contributed by atoms with E-state index >= 15 is 0 Å². The maximum Gasteiger partial charge on any atom is 0.416 e. The number of benzene rings is 2. The Morgan fingerprint density at radius 3 is 2.48 bits per heavy atom. The second kappa shape index (κ2) is 6.72. The van der Waals surface area contributed by atoms with Crippen molar-refractivity contribution in [3.8, 4) is 0 Å². The lowest BCUT2D eigenvalue weighted by molar-refractivity contribution is -0.138. The first kappa shape index (κ1) is 18.9. The van der Waals surface area contributed by atoms with Gasteiger partial charge in [0.1, 0.15) is 5.82 Å². The fraction of sp³-hybridized carbons (Fsp3) is 0.250.